The van der Waals surface area contributed by atoms with Crippen LogP contribution < -0.4 is 14.8 Å². The maximum atomic E-state index is 12.4. The molecule has 0 aliphatic carbocycles. The Morgan fingerprint density at radius 3 is 2.77 bits per heavy atom. The van der Waals surface area contributed by atoms with Crippen molar-refractivity contribution in [3.05, 3.63) is 57.4 Å². The van der Waals surface area contributed by atoms with Gasteiger partial charge in [-0.2, -0.15) is 0 Å². The van der Waals surface area contributed by atoms with Crippen LogP contribution in [-0.4, -0.2) is 24.1 Å². The molecule has 1 aliphatic heterocycles. The number of benzene rings is 2. The fraction of sp³-hybridized carbons (Fsp3) is 0.111. The normalized spacial score (nSPS) is 12.7. The maximum Gasteiger partial charge on any atom is 0.259 e. The van der Waals surface area contributed by atoms with E-state index >= 15 is 0 Å². The summed E-state index contributed by atoms with van der Waals surface area (Å²) < 4.78 is 11.1. The standard InChI is InChI=1S/C18H12Cl2N2O3S/c19-12-3-1-2-11(16(12)20)17(23)22-18-21-13(9-26-18)10-4-5-14-15(8-10)25-7-6-24-14/h1-5,8-9H,6-7H2,(H,21,22,23). The Hall–Kier alpha value is -2.28. The van der Waals surface area contributed by atoms with Crippen molar-refractivity contribution in [3.8, 4) is 22.8 Å². The number of nitrogens with zero attached hydrogens (tertiary/aromatic N) is 1. The van der Waals surface area contributed by atoms with Crippen LogP contribution in [-0.2, 0) is 0 Å². The van der Waals surface area contributed by atoms with Crippen molar-refractivity contribution in [2.75, 3.05) is 18.5 Å². The summed E-state index contributed by atoms with van der Waals surface area (Å²) in [4.78, 5) is 16.9. The van der Waals surface area contributed by atoms with Crippen LogP contribution in [0.25, 0.3) is 11.3 Å². The van der Waals surface area contributed by atoms with Crippen LogP contribution in [0.4, 0.5) is 5.13 Å². The average Bonchev–Trinajstić information content (AvgIpc) is 3.12. The van der Waals surface area contributed by atoms with Crippen molar-refractivity contribution in [2.45, 2.75) is 0 Å². The van der Waals surface area contributed by atoms with Gasteiger partial charge in [0.1, 0.15) is 13.2 Å². The molecule has 0 saturated carbocycles. The highest BCUT2D eigenvalue weighted by Gasteiger charge is 2.16. The predicted molar refractivity (Wildman–Crippen MR) is 103 cm³/mol. The van der Waals surface area contributed by atoms with Crippen molar-refractivity contribution < 1.29 is 14.3 Å². The molecule has 0 radical (unpaired) electrons. The summed E-state index contributed by atoms with van der Waals surface area (Å²) in [5, 5.41) is 5.63. The topological polar surface area (TPSA) is 60.5 Å². The van der Waals surface area contributed by atoms with Crippen LogP contribution in [0.3, 0.4) is 0 Å². The van der Waals surface area contributed by atoms with Gasteiger partial charge in [-0.25, -0.2) is 4.98 Å². The van der Waals surface area contributed by atoms with E-state index in [1.54, 1.807) is 18.2 Å². The van der Waals surface area contributed by atoms with E-state index in [-0.39, 0.29) is 10.9 Å². The van der Waals surface area contributed by atoms with Gasteiger partial charge in [0.05, 0.1) is 21.3 Å². The third kappa shape index (κ3) is 3.35. The molecule has 0 unspecified atom stereocenters. The minimum absolute atomic E-state index is 0.218. The number of carbonyl (C=O) groups is 1. The molecule has 2 aromatic carbocycles. The van der Waals surface area contributed by atoms with Crippen LogP contribution in [0.2, 0.25) is 10.0 Å². The second kappa shape index (κ2) is 7.15. The third-order valence-electron chi connectivity index (χ3n) is 3.76. The maximum absolute atomic E-state index is 12.4. The van der Waals surface area contributed by atoms with Gasteiger partial charge in [-0.15, -0.1) is 11.3 Å². The Morgan fingerprint density at radius 2 is 1.92 bits per heavy atom. The van der Waals surface area contributed by atoms with Crippen LogP contribution in [0.15, 0.2) is 41.8 Å². The first-order chi connectivity index (χ1) is 12.6. The molecule has 1 aromatic heterocycles. The number of amides is 1. The molecule has 8 heteroatoms. The highest BCUT2D eigenvalue weighted by molar-refractivity contribution is 7.14. The molecule has 0 fully saturated rings. The van der Waals surface area contributed by atoms with E-state index in [4.69, 9.17) is 32.7 Å². The number of nitrogens with one attached hydrogen (secondary N) is 1. The number of ether oxygens (including phenoxy) is 2. The molecule has 4 rings (SSSR count). The molecular formula is C18H12Cl2N2O3S. The fourth-order valence-corrected chi connectivity index (χ4v) is 3.61. The Kier molecular flexibility index (Phi) is 4.72. The summed E-state index contributed by atoms with van der Waals surface area (Å²) in [6, 6.07) is 10.5. The zero-order chi connectivity index (χ0) is 18.1. The minimum Gasteiger partial charge on any atom is -0.486 e. The second-order valence-corrected chi connectivity index (χ2v) is 7.10. The Bertz CT molecular complexity index is 990. The van der Waals surface area contributed by atoms with Gasteiger partial charge in [-0.3, -0.25) is 10.1 Å². The average molecular weight is 407 g/mol. The summed E-state index contributed by atoms with van der Waals surface area (Å²) in [5.74, 6) is 1.05. The van der Waals surface area contributed by atoms with E-state index in [0.29, 0.717) is 34.7 Å². The SMILES string of the molecule is O=C(Nc1nc(-c2ccc3c(c2)OCCO3)cs1)c1cccc(Cl)c1Cl. The summed E-state index contributed by atoms with van der Waals surface area (Å²) in [6.07, 6.45) is 0. The number of carbonyl (C=O) groups excluding carboxylic acids is 1. The van der Waals surface area contributed by atoms with Crippen molar-refractivity contribution in [1.29, 1.82) is 0 Å². The van der Waals surface area contributed by atoms with Crippen molar-refractivity contribution in [1.82, 2.24) is 4.98 Å². The van der Waals surface area contributed by atoms with Crippen LogP contribution in [0.1, 0.15) is 10.4 Å². The van der Waals surface area contributed by atoms with Crippen molar-refractivity contribution in [3.63, 3.8) is 0 Å². The lowest BCUT2D eigenvalue weighted by molar-refractivity contribution is 0.102. The molecule has 2 heterocycles. The lowest BCUT2D eigenvalue weighted by atomic mass is 10.1. The van der Waals surface area contributed by atoms with Crippen molar-refractivity contribution >= 4 is 45.6 Å². The number of halogens is 2. The Labute approximate surface area is 163 Å². The summed E-state index contributed by atoms with van der Waals surface area (Å²) in [7, 11) is 0. The lowest BCUT2D eigenvalue weighted by Gasteiger charge is -2.18. The van der Waals surface area contributed by atoms with Crippen LogP contribution in [0.5, 0.6) is 11.5 Å². The highest BCUT2D eigenvalue weighted by atomic mass is 35.5. The van der Waals surface area contributed by atoms with E-state index in [1.165, 1.54) is 11.3 Å². The van der Waals surface area contributed by atoms with Gasteiger partial charge < -0.3 is 9.47 Å². The van der Waals surface area contributed by atoms with Crippen molar-refractivity contribution in [2.24, 2.45) is 0 Å². The molecule has 0 bridgehead atoms. The van der Waals surface area contributed by atoms with E-state index in [2.05, 4.69) is 10.3 Å². The molecule has 132 valence electrons. The Morgan fingerprint density at radius 1 is 1.12 bits per heavy atom. The third-order valence-corrected chi connectivity index (χ3v) is 5.34. The van der Waals surface area contributed by atoms with Crippen LogP contribution in [0, 0.1) is 0 Å². The molecule has 3 aromatic rings. The van der Waals surface area contributed by atoms with Gasteiger partial charge in [-0.1, -0.05) is 29.3 Å². The predicted octanol–water partition coefficient (Wildman–Crippen LogP) is 5.14. The highest BCUT2D eigenvalue weighted by Crippen LogP contribution is 2.35. The summed E-state index contributed by atoms with van der Waals surface area (Å²) >= 11 is 13.4. The zero-order valence-corrected chi connectivity index (χ0v) is 15.6. The lowest BCUT2D eigenvalue weighted by Crippen LogP contribution is -2.15. The van der Waals surface area contributed by atoms with Gasteiger partial charge in [0, 0.05) is 10.9 Å². The van der Waals surface area contributed by atoms with Gasteiger partial charge in [0.15, 0.2) is 16.6 Å². The molecular weight excluding hydrogens is 395 g/mol. The Balaban J connectivity index is 1.55. The van der Waals surface area contributed by atoms with E-state index in [0.717, 1.165) is 17.0 Å². The largest absolute Gasteiger partial charge is 0.486 e. The zero-order valence-electron chi connectivity index (χ0n) is 13.3. The summed E-state index contributed by atoms with van der Waals surface area (Å²) in [6.45, 7) is 1.07. The molecule has 5 nitrogen and oxygen atoms in total. The molecule has 26 heavy (non-hydrogen) atoms. The number of fused-ring (bicyclic) bond motifs is 1. The first-order valence-corrected chi connectivity index (χ1v) is 9.36. The van der Waals surface area contributed by atoms with Gasteiger partial charge >= 0.3 is 0 Å². The quantitative estimate of drug-likeness (QED) is 0.653. The first-order valence-electron chi connectivity index (χ1n) is 7.73. The second-order valence-electron chi connectivity index (χ2n) is 5.45. The molecule has 0 spiro atoms. The van der Waals surface area contributed by atoms with Gasteiger partial charge in [0.2, 0.25) is 0 Å². The minimum atomic E-state index is -0.361. The molecule has 1 amide bonds. The monoisotopic (exact) mass is 406 g/mol. The van der Waals surface area contributed by atoms with Gasteiger partial charge in [-0.05, 0) is 30.3 Å². The number of aromatic nitrogens is 1. The summed E-state index contributed by atoms with van der Waals surface area (Å²) in [5.41, 5.74) is 1.92. The van der Waals surface area contributed by atoms with Gasteiger partial charge in [0.25, 0.3) is 5.91 Å². The number of thiazole rings is 1. The number of hydrogen-bond donors (Lipinski definition) is 1. The number of rotatable bonds is 3. The van der Waals surface area contributed by atoms with E-state index in [1.807, 2.05) is 23.6 Å². The van der Waals surface area contributed by atoms with E-state index < -0.39 is 0 Å². The molecule has 1 N–H and O–H groups in total. The first kappa shape index (κ1) is 17.1. The number of anilines is 1. The molecule has 0 atom stereocenters. The van der Waals surface area contributed by atoms with Crippen LogP contribution >= 0.6 is 34.5 Å². The van der Waals surface area contributed by atoms with E-state index in [9.17, 15) is 4.79 Å². The fourth-order valence-electron chi connectivity index (χ4n) is 2.51. The molecule has 1 aliphatic rings. The number of hydrogen-bond acceptors (Lipinski definition) is 5. The molecule has 0 saturated heterocycles. The smallest absolute Gasteiger partial charge is 0.259 e.